The number of rotatable bonds is 3. The van der Waals surface area contributed by atoms with Crippen molar-refractivity contribution in [2.24, 2.45) is 0 Å². The van der Waals surface area contributed by atoms with E-state index in [1.165, 1.54) is 25.7 Å². The summed E-state index contributed by atoms with van der Waals surface area (Å²) in [6.07, 6.45) is 4.92. The van der Waals surface area contributed by atoms with Crippen LogP contribution in [0.25, 0.3) is 0 Å². The summed E-state index contributed by atoms with van der Waals surface area (Å²) in [6, 6.07) is 11.7. The predicted octanol–water partition coefficient (Wildman–Crippen LogP) is 5.59. The van der Waals surface area contributed by atoms with Crippen LogP contribution < -0.4 is 10.2 Å². The molecule has 0 atom stereocenters. The molecule has 0 saturated carbocycles. The van der Waals surface area contributed by atoms with Crippen LogP contribution in [0.4, 0.5) is 11.4 Å². The van der Waals surface area contributed by atoms with Crippen molar-refractivity contribution in [2.45, 2.75) is 39.5 Å². The fourth-order valence-electron chi connectivity index (χ4n) is 3.50. The van der Waals surface area contributed by atoms with Crippen LogP contribution >= 0.6 is 11.6 Å². The molecule has 0 aliphatic carbocycles. The van der Waals surface area contributed by atoms with Crippen LogP contribution in [0.3, 0.4) is 0 Å². The van der Waals surface area contributed by atoms with Crippen molar-refractivity contribution < 1.29 is 4.79 Å². The SMILES string of the molecule is Cc1cc(C)cc(C(=O)Nc2cc(Cl)ccc2N2CCCCCC2)c1. The molecule has 1 heterocycles. The second-order valence-corrected chi connectivity index (χ2v) is 7.33. The fourth-order valence-corrected chi connectivity index (χ4v) is 3.67. The molecule has 25 heavy (non-hydrogen) atoms. The van der Waals surface area contributed by atoms with E-state index in [9.17, 15) is 4.79 Å². The molecule has 2 aromatic carbocycles. The summed E-state index contributed by atoms with van der Waals surface area (Å²) in [7, 11) is 0. The second-order valence-electron chi connectivity index (χ2n) is 6.89. The monoisotopic (exact) mass is 356 g/mol. The Labute approximate surface area is 155 Å². The summed E-state index contributed by atoms with van der Waals surface area (Å²) in [6.45, 7) is 6.06. The van der Waals surface area contributed by atoms with Crippen molar-refractivity contribution in [1.82, 2.24) is 0 Å². The lowest BCUT2D eigenvalue weighted by Crippen LogP contribution is -2.25. The molecule has 1 amide bonds. The molecule has 1 aliphatic rings. The summed E-state index contributed by atoms with van der Waals surface area (Å²) in [5.41, 5.74) is 4.70. The summed E-state index contributed by atoms with van der Waals surface area (Å²) in [5.74, 6) is -0.0925. The van der Waals surface area contributed by atoms with Gasteiger partial charge >= 0.3 is 0 Å². The van der Waals surface area contributed by atoms with E-state index in [4.69, 9.17) is 11.6 Å². The Bertz CT molecular complexity index is 744. The van der Waals surface area contributed by atoms with Gasteiger partial charge in [0.15, 0.2) is 0 Å². The number of nitrogens with zero attached hydrogens (tertiary/aromatic N) is 1. The molecule has 0 aromatic heterocycles. The molecule has 0 bridgehead atoms. The van der Waals surface area contributed by atoms with Gasteiger partial charge in [0.25, 0.3) is 5.91 Å². The minimum atomic E-state index is -0.0925. The standard InChI is InChI=1S/C21H25ClN2O/c1-15-11-16(2)13-17(12-15)21(25)23-19-14-18(22)7-8-20(19)24-9-5-3-4-6-10-24/h7-8,11-14H,3-6,9-10H2,1-2H3,(H,23,25). The maximum absolute atomic E-state index is 12.8. The van der Waals surface area contributed by atoms with E-state index in [-0.39, 0.29) is 5.91 Å². The van der Waals surface area contributed by atoms with E-state index >= 15 is 0 Å². The van der Waals surface area contributed by atoms with Crippen LogP contribution in [0.1, 0.15) is 47.2 Å². The Hall–Kier alpha value is -2.00. The molecule has 1 saturated heterocycles. The van der Waals surface area contributed by atoms with Gasteiger partial charge in [0.2, 0.25) is 0 Å². The third-order valence-corrected chi connectivity index (χ3v) is 4.87. The van der Waals surface area contributed by atoms with E-state index in [1.807, 2.05) is 44.2 Å². The first kappa shape index (κ1) is 17.8. The number of carbonyl (C=O) groups is 1. The zero-order valence-electron chi connectivity index (χ0n) is 14.9. The maximum Gasteiger partial charge on any atom is 0.255 e. The summed E-state index contributed by atoms with van der Waals surface area (Å²) in [5, 5.41) is 3.71. The number of benzene rings is 2. The number of amides is 1. The van der Waals surface area contributed by atoms with Gasteiger partial charge in [-0.2, -0.15) is 0 Å². The molecule has 3 nitrogen and oxygen atoms in total. The first-order valence-corrected chi connectivity index (χ1v) is 9.35. The van der Waals surface area contributed by atoms with Crippen molar-refractivity contribution in [3.05, 3.63) is 58.1 Å². The Morgan fingerprint density at radius 1 is 0.960 bits per heavy atom. The van der Waals surface area contributed by atoms with Gasteiger partial charge in [-0.3, -0.25) is 4.79 Å². The largest absolute Gasteiger partial charge is 0.370 e. The number of hydrogen-bond acceptors (Lipinski definition) is 2. The Morgan fingerprint density at radius 3 is 2.24 bits per heavy atom. The predicted molar refractivity (Wildman–Crippen MR) is 106 cm³/mol. The lowest BCUT2D eigenvalue weighted by molar-refractivity contribution is 0.102. The number of aryl methyl sites for hydroxylation is 2. The second kappa shape index (κ2) is 7.92. The van der Waals surface area contributed by atoms with E-state index in [2.05, 4.69) is 16.3 Å². The molecule has 4 heteroatoms. The van der Waals surface area contributed by atoms with Crippen molar-refractivity contribution >= 4 is 28.9 Å². The van der Waals surface area contributed by atoms with Crippen LogP contribution in [0, 0.1) is 13.8 Å². The zero-order chi connectivity index (χ0) is 17.8. The molecular weight excluding hydrogens is 332 g/mol. The normalized spacial score (nSPS) is 14.9. The minimum Gasteiger partial charge on any atom is -0.370 e. The number of hydrogen-bond donors (Lipinski definition) is 1. The lowest BCUT2D eigenvalue weighted by Gasteiger charge is -2.25. The van der Waals surface area contributed by atoms with Gasteiger partial charge in [0, 0.05) is 23.7 Å². The number of nitrogens with one attached hydrogen (secondary N) is 1. The average Bonchev–Trinajstić information content (AvgIpc) is 2.83. The molecule has 3 rings (SSSR count). The van der Waals surface area contributed by atoms with E-state index in [0.29, 0.717) is 10.6 Å². The Morgan fingerprint density at radius 2 is 1.60 bits per heavy atom. The zero-order valence-corrected chi connectivity index (χ0v) is 15.7. The fraction of sp³-hybridized carbons (Fsp3) is 0.381. The Kier molecular flexibility index (Phi) is 5.64. The molecule has 132 valence electrons. The van der Waals surface area contributed by atoms with Gasteiger partial charge < -0.3 is 10.2 Å². The first-order chi connectivity index (χ1) is 12.0. The van der Waals surface area contributed by atoms with E-state index < -0.39 is 0 Å². The third-order valence-electron chi connectivity index (χ3n) is 4.64. The molecule has 1 fully saturated rings. The van der Waals surface area contributed by atoms with Crippen molar-refractivity contribution in [3.63, 3.8) is 0 Å². The highest BCUT2D eigenvalue weighted by molar-refractivity contribution is 6.31. The van der Waals surface area contributed by atoms with Crippen molar-refractivity contribution in [1.29, 1.82) is 0 Å². The van der Waals surface area contributed by atoms with E-state index in [1.54, 1.807) is 0 Å². The quantitative estimate of drug-likeness (QED) is 0.777. The number of anilines is 2. The highest BCUT2D eigenvalue weighted by Crippen LogP contribution is 2.31. The highest BCUT2D eigenvalue weighted by Gasteiger charge is 2.16. The third kappa shape index (κ3) is 4.55. The molecule has 1 aliphatic heterocycles. The maximum atomic E-state index is 12.8. The Balaban J connectivity index is 1.88. The molecule has 0 spiro atoms. The number of carbonyl (C=O) groups excluding carboxylic acids is 1. The number of halogens is 1. The average molecular weight is 357 g/mol. The van der Waals surface area contributed by atoms with Gasteiger partial charge in [0.1, 0.15) is 0 Å². The summed E-state index contributed by atoms with van der Waals surface area (Å²) >= 11 is 6.20. The smallest absolute Gasteiger partial charge is 0.255 e. The minimum absolute atomic E-state index is 0.0925. The highest BCUT2D eigenvalue weighted by atomic mass is 35.5. The van der Waals surface area contributed by atoms with Crippen LogP contribution in [-0.2, 0) is 0 Å². The summed E-state index contributed by atoms with van der Waals surface area (Å²) < 4.78 is 0. The van der Waals surface area contributed by atoms with Crippen molar-refractivity contribution in [3.8, 4) is 0 Å². The van der Waals surface area contributed by atoms with Crippen molar-refractivity contribution in [2.75, 3.05) is 23.3 Å². The molecular formula is C21H25ClN2O. The van der Waals surface area contributed by atoms with Gasteiger partial charge in [-0.25, -0.2) is 0 Å². The van der Waals surface area contributed by atoms with Crippen LogP contribution in [0.15, 0.2) is 36.4 Å². The van der Waals surface area contributed by atoms with Gasteiger partial charge in [-0.05, 0) is 57.0 Å². The lowest BCUT2D eigenvalue weighted by atomic mass is 10.1. The van der Waals surface area contributed by atoms with E-state index in [0.717, 1.165) is 35.6 Å². The van der Waals surface area contributed by atoms with Crippen LogP contribution in [0.2, 0.25) is 5.02 Å². The van der Waals surface area contributed by atoms with Gasteiger partial charge in [0.05, 0.1) is 11.4 Å². The molecule has 0 radical (unpaired) electrons. The molecule has 1 N–H and O–H groups in total. The van der Waals surface area contributed by atoms with Crippen LogP contribution in [0.5, 0.6) is 0 Å². The van der Waals surface area contributed by atoms with Crippen LogP contribution in [-0.4, -0.2) is 19.0 Å². The van der Waals surface area contributed by atoms with Gasteiger partial charge in [-0.1, -0.05) is 41.6 Å². The first-order valence-electron chi connectivity index (χ1n) is 8.97. The topological polar surface area (TPSA) is 32.3 Å². The molecule has 2 aromatic rings. The summed E-state index contributed by atoms with van der Waals surface area (Å²) in [4.78, 5) is 15.1. The van der Waals surface area contributed by atoms with Gasteiger partial charge in [-0.15, -0.1) is 0 Å². The molecule has 0 unspecified atom stereocenters.